The van der Waals surface area contributed by atoms with E-state index in [1.54, 1.807) is 0 Å². The predicted molar refractivity (Wildman–Crippen MR) is 89.2 cm³/mol. The molecule has 0 unspecified atom stereocenters. The van der Waals surface area contributed by atoms with Crippen molar-refractivity contribution < 1.29 is 4.74 Å². The smallest absolute Gasteiger partial charge is 0.100 e. The van der Waals surface area contributed by atoms with Crippen LogP contribution in [0.3, 0.4) is 0 Å². The molecule has 1 atom stereocenters. The van der Waals surface area contributed by atoms with E-state index in [-0.39, 0.29) is 0 Å². The first-order valence-electron chi connectivity index (χ1n) is 7.39. The van der Waals surface area contributed by atoms with Crippen LogP contribution >= 0.6 is 11.8 Å². The van der Waals surface area contributed by atoms with Crippen LogP contribution in [0.5, 0.6) is 0 Å². The minimum atomic E-state index is 0.510. The van der Waals surface area contributed by atoms with Crippen LogP contribution in [0.4, 0.5) is 0 Å². The van der Waals surface area contributed by atoms with Gasteiger partial charge in [-0.15, -0.1) is 11.8 Å². The highest BCUT2D eigenvalue weighted by atomic mass is 32.2. The Morgan fingerprint density at radius 2 is 1.62 bits per heavy atom. The second kappa shape index (κ2) is 7.64. The zero-order valence-electron chi connectivity index (χ0n) is 12.2. The van der Waals surface area contributed by atoms with Crippen LogP contribution in [0.15, 0.2) is 60.7 Å². The molecule has 3 rings (SSSR count). The molecule has 2 aromatic rings. The summed E-state index contributed by atoms with van der Waals surface area (Å²) < 4.78 is 5.66. The topological polar surface area (TPSA) is 12.5 Å². The number of thioether (sulfide) groups is 1. The molecule has 1 fully saturated rings. The summed E-state index contributed by atoms with van der Waals surface area (Å²) in [7, 11) is 0. The fraction of sp³-hybridized carbons (Fsp3) is 0.333. The number of hydrogen-bond acceptors (Lipinski definition) is 3. The van der Waals surface area contributed by atoms with Gasteiger partial charge in [0.05, 0.1) is 6.61 Å². The van der Waals surface area contributed by atoms with Gasteiger partial charge in [0.1, 0.15) is 6.73 Å². The van der Waals surface area contributed by atoms with Crippen molar-refractivity contribution in [3.05, 3.63) is 71.8 Å². The van der Waals surface area contributed by atoms with Gasteiger partial charge in [0.2, 0.25) is 0 Å². The summed E-state index contributed by atoms with van der Waals surface area (Å²) >= 11 is 1.96. The van der Waals surface area contributed by atoms with Gasteiger partial charge >= 0.3 is 0 Å². The lowest BCUT2D eigenvalue weighted by molar-refractivity contribution is 0.150. The van der Waals surface area contributed by atoms with E-state index in [2.05, 4.69) is 65.6 Å². The van der Waals surface area contributed by atoms with Crippen LogP contribution in [0.2, 0.25) is 0 Å². The Kier molecular flexibility index (Phi) is 5.33. The average Bonchev–Trinajstić information content (AvgIpc) is 2.97. The normalized spacial score (nSPS) is 19.0. The summed E-state index contributed by atoms with van der Waals surface area (Å²) in [5.74, 6) is 2.10. The molecule has 0 saturated carbocycles. The summed E-state index contributed by atoms with van der Waals surface area (Å²) in [6, 6.07) is 21.9. The first-order valence-corrected chi connectivity index (χ1v) is 8.55. The SMILES string of the molecule is c1ccc(CSCN2COC[C@H]2Cc2ccccc2)cc1. The molecule has 1 heterocycles. The van der Waals surface area contributed by atoms with Gasteiger partial charge in [0.25, 0.3) is 0 Å². The van der Waals surface area contributed by atoms with E-state index in [1.807, 2.05) is 11.8 Å². The van der Waals surface area contributed by atoms with Gasteiger partial charge < -0.3 is 4.74 Å². The van der Waals surface area contributed by atoms with Crippen LogP contribution in [-0.4, -0.2) is 30.2 Å². The standard InChI is InChI=1S/C18H21NOS/c1-3-7-16(8-4-1)11-18-12-20-14-19(18)15-21-13-17-9-5-2-6-10-17/h1-10,18H,11-15H2/t18-/m1/s1. The van der Waals surface area contributed by atoms with Gasteiger partial charge in [-0.1, -0.05) is 60.7 Å². The van der Waals surface area contributed by atoms with Crippen molar-refractivity contribution >= 4 is 11.8 Å². The van der Waals surface area contributed by atoms with E-state index in [4.69, 9.17) is 4.74 Å². The third kappa shape index (κ3) is 4.34. The summed E-state index contributed by atoms with van der Waals surface area (Å²) in [6.07, 6.45) is 1.08. The minimum absolute atomic E-state index is 0.510. The Hall–Kier alpha value is -1.29. The quantitative estimate of drug-likeness (QED) is 0.805. The van der Waals surface area contributed by atoms with Crippen molar-refractivity contribution in [3.63, 3.8) is 0 Å². The maximum atomic E-state index is 5.66. The molecule has 1 aliphatic rings. The van der Waals surface area contributed by atoms with Crippen LogP contribution < -0.4 is 0 Å². The van der Waals surface area contributed by atoms with Crippen molar-refractivity contribution in [1.29, 1.82) is 0 Å². The highest BCUT2D eigenvalue weighted by Crippen LogP contribution is 2.20. The number of nitrogens with zero attached hydrogens (tertiary/aromatic N) is 1. The maximum Gasteiger partial charge on any atom is 0.100 e. The number of rotatable bonds is 6. The molecule has 0 aliphatic carbocycles. The van der Waals surface area contributed by atoms with Gasteiger partial charge in [0, 0.05) is 17.7 Å². The van der Waals surface area contributed by atoms with Crippen molar-refractivity contribution in [2.75, 3.05) is 19.2 Å². The molecule has 2 aromatic carbocycles. The Labute approximate surface area is 131 Å². The molecule has 0 spiro atoms. The van der Waals surface area contributed by atoms with Crippen LogP contribution in [0.1, 0.15) is 11.1 Å². The fourth-order valence-electron chi connectivity index (χ4n) is 2.59. The Morgan fingerprint density at radius 3 is 2.33 bits per heavy atom. The van der Waals surface area contributed by atoms with E-state index in [0.29, 0.717) is 6.04 Å². The molecule has 1 aliphatic heterocycles. The molecular formula is C18H21NOS. The van der Waals surface area contributed by atoms with Crippen LogP contribution in [0, 0.1) is 0 Å². The van der Waals surface area contributed by atoms with E-state index < -0.39 is 0 Å². The summed E-state index contributed by atoms with van der Waals surface area (Å²) in [5.41, 5.74) is 2.79. The molecule has 0 bridgehead atoms. The maximum absolute atomic E-state index is 5.66. The molecule has 21 heavy (non-hydrogen) atoms. The van der Waals surface area contributed by atoms with Gasteiger partial charge in [-0.05, 0) is 17.5 Å². The van der Waals surface area contributed by atoms with E-state index >= 15 is 0 Å². The first kappa shape index (κ1) is 14.6. The number of ether oxygens (including phenoxy) is 1. The highest BCUT2D eigenvalue weighted by Gasteiger charge is 2.24. The van der Waals surface area contributed by atoms with Gasteiger partial charge in [0.15, 0.2) is 0 Å². The second-order valence-corrected chi connectivity index (χ2v) is 6.35. The molecule has 0 amide bonds. The van der Waals surface area contributed by atoms with E-state index in [0.717, 1.165) is 31.4 Å². The van der Waals surface area contributed by atoms with E-state index in [1.165, 1.54) is 11.1 Å². The lowest BCUT2D eigenvalue weighted by atomic mass is 10.1. The molecule has 2 nitrogen and oxygen atoms in total. The van der Waals surface area contributed by atoms with Crippen molar-refractivity contribution in [3.8, 4) is 0 Å². The van der Waals surface area contributed by atoms with Gasteiger partial charge in [-0.25, -0.2) is 0 Å². The molecule has 110 valence electrons. The average molecular weight is 299 g/mol. The van der Waals surface area contributed by atoms with Gasteiger partial charge in [-0.2, -0.15) is 0 Å². The highest BCUT2D eigenvalue weighted by molar-refractivity contribution is 7.98. The summed E-state index contributed by atoms with van der Waals surface area (Å²) in [4.78, 5) is 2.45. The van der Waals surface area contributed by atoms with Crippen LogP contribution in [0.25, 0.3) is 0 Å². The minimum Gasteiger partial charge on any atom is -0.364 e. The Morgan fingerprint density at radius 1 is 0.952 bits per heavy atom. The molecular weight excluding hydrogens is 278 g/mol. The fourth-order valence-corrected chi connectivity index (χ4v) is 3.63. The molecule has 3 heteroatoms. The summed E-state index contributed by atoms with van der Waals surface area (Å²) in [5, 5.41) is 0. The van der Waals surface area contributed by atoms with E-state index in [9.17, 15) is 0 Å². The number of hydrogen-bond donors (Lipinski definition) is 0. The monoisotopic (exact) mass is 299 g/mol. The zero-order valence-corrected chi connectivity index (χ0v) is 13.0. The zero-order chi connectivity index (χ0) is 14.3. The molecule has 0 N–H and O–H groups in total. The number of benzene rings is 2. The lowest BCUT2D eigenvalue weighted by Crippen LogP contribution is -2.32. The largest absolute Gasteiger partial charge is 0.364 e. The van der Waals surface area contributed by atoms with Crippen molar-refractivity contribution in [1.82, 2.24) is 4.90 Å². The summed E-state index contributed by atoms with van der Waals surface area (Å²) in [6.45, 7) is 1.61. The molecule has 1 saturated heterocycles. The Bertz CT molecular complexity index is 531. The van der Waals surface area contributed by atoms with Crippen LogP contribution in [-0.2, 0) is 16.9 Å². The molecule has 0 radical (unpaired) electrons. The lowest BCUT2D eigenvalue weighted by Gasteiger charge is -2.21. The van der Waals surface area contributed by atoms with Crippen molar-refractivity contribution in [2.45, 2.75) is 18.2 Å². The van der Waals surface area contributed by atoms with Crippen molar-refractivity contribution in [2.24, 2.45) is 0 Å². The molecule has 0 aromatic heterocycles. The van der Waals surface area contributed by atoms with Gasteiger partial charge in [-0.3, -0.25) is 4.90 Å². The second-order valence-electron chi connectivity index (χ2n) is 5.40. The third-order valence-electron chi connectivity index (χ3n) is 3.77. The Balaban J connectivity index is 1.48. The third-order valence-corrected chi connectivity index (χ3v) is 4.82. The first-order chi connectivity index (χ1) is 10.4. The predicted octanol–water partition coefficient (Wildman–Crippen LogP) is 3.78.